The van der Waals surface area contributed by atoms with Crippen molar-refractivity contribution in [2.24, 2.45) is 5.41 Å². The number of aryl methyl sites for hydroxylation is 1. The lowest BCUT2D eigenvalue weighted by Gasteiger charge is -2.34. The Balaban J connectivity index is 2.31. The fourth-order valence-corrected chi connectivity index (χ4v) is 3.03. The highest BCUT2D eigenvalue weighted by Crippen LogP contribution is 2.38. The lowest BCUT2D eigenvalue weighted by Crippen LogP contribution is -2.44. The molecule has 0 saturated heterocycles. The number of carbonyl (C=O) groups excluding carboxylic acids is 1. The summed E-state index contributed by atoms with van der Waals surface area (Å²) in [6, 6.07) is 10.3. The molecule has 0 bridgehead atoms. The van der Waals surface area contributed by atoms with Crippen LogP contribution in [0.1, 0.15) is 44.6 Å². The molecule has 0 heterocycles. The van der Waals surface area contributed by atoms with E-state index in [-0.39, 0.29) is 5.91 Å². The van der Waals surface area contributed by atoms with Crippen molar-refractivity contribution in [3.05, 3.63) is 29.8 Å². The highest BCUT2D eigenvalue weighted by atomic mass is 16.2. The molecule has 106 valence electrons. The number of rotatable bonds is 3. The molecule has 1 fully saturated rings. The van der Waals surface area contributed by atoms with Crippen LogP contribution in [-0.2, 0) is 4.79 Å². The van der Waals surface area contributed by atoms with E-state index in [0.717, 1.165) is 30.5 Å². The predicted molar refractivity (Wildman–Crippen MR) is 80.3 cm³/mol. The highest BCUT2D eigenvalue weighted by Gasteiger charge is 2.42. The van der Waals surface area contributed by atoms with Gasteiger partial charge < -0.3 is 4.90 Å². The number of nitrogens with zero attached hydrogens (tertiary/aromatic N) is 2. The molecule has 2 rings (SSSR count). The Hall–Kier alpha value is -1.82. The van der Waals surface area contributed by atoms with Crippen LogP contribution < -0.4 is 4.90 Å². The maximum Gasteiger partial charge on any atom is 0.247 e. The molecule has 1 aliphatic carbocycles. The first-order chi connectivity index (χ1) is 9.63. The molecule has 0 spiro atoms. The van der Waals surface area contributed by atoms with Gasteiger partial charge in [-0.1, -0.05) is 31.4 Å². The normalized spacial score (nSPS) is 17.2. The van der Waals surface area contributed by atoms with Crippen LogP contribution in [0.15, 0.2) is 24.3 Å². The van der Waals surface area contributed by atoms with Gasteiger partial charge in [-0.25, -0.2) is 0 Å². The second-order valence-electron chi connectivity index (χ2n) is 5.64. The minimum absolute atomic E-state index is 0.0206. The minimum atomic E-state index is -0.808. The number of hydrogen-bond donors (Lipinski definition) is 0. The van der Waals surface area contributed by atoms with Gasteiger partial charge in [0.1, 0.15) is 5.41 Å². The molecular weight excluding hydrogens is 248 g/mol. The first-order valence-corrected chi connectivity index (χ1v) is 7.43. The molecule has 3 heteroatoms. The minimum Gasteiger partial charge on any atom is -0.311 e. The maximum absolute atomic E-state index is 12.9. The van der Waals surface area contributed by atoms with E-state index in [1.807, 2.05) is 38.1 Å². The van der Waals surface area contributed by atoms with Crippen LogP contribution in [-0.4, -0.2) is 12.5 Å². The molecule has 0 radical (unpaired) electrons. The fourth-order valence-electron chi connectivity index (χ4n) is 3.03. The van der Waals surface area contributed by atoms with Crippen LogP contribution in [0.5, 0.6) is 0 Å². The van der Waals surface area contributed by atoms with Crippen molar-refractivity contribution >= 4 is 11.6 Å². The van der Waals surface area contributed by atoms with E-state index < -0.39 is 5.41 Å². The van der Waals surface area contributed by atoms with Crippen molar-refractivity contribution in [2.45, 2.75) is 46.0 Å². The Bertz CT molecular complexity index is 524. The number of hydrogen-bond acceptors (Lipinski definition) is 2. The van der Waals surface area contributed by atoms with Crippen LogP contribution in [0.3, 0.4) is 0 Å². The van der Waals surface area contributed by atoms with Crippen molar-refractivity contribution < 1.29 is 4.79 Å². The zero-order chi connectivity index (χ0) is 14.6. The van der Waals surface area contributed by atoms with Gasteiger partial charge >= 0.3 is 0 Å². The van der Waals surface area contributed by atoms with Gasteiger partial charge in [-0.2, -0.15) is 5.26 Å². The second kappa shape index (κ2) is 6.09. The smallest absolute Gasteiger partial charge is 0.247 e. The van der Waals surface area contributed by atoms with E-state index in [9.17, 15) is 10.1 Å². The van der Waals surface area contributed by atoms with Gasteiger partial charge in [0.05, 0.1) is 6.07 Å². The zero-order valence-corrected chi connectivity index (χ0v) is 12.4. The van der Waals surface area contributed by atoms with Crippen molar-refractivity contribution in [3.8, 4) is 6.07 Å². The van der Waals surface area contributed by atoms with E-state index in [0.29, 0.717) is 19.4 Å². The molecule has 1 aliphatic rings. The molecule has 1 saturated carbocycles. The third-order valence-electron chi connectivity index (χ3n) is 4.21. The number of carbonyl (C=O) groups is 1. The van der Waals surface area contributed by atoms with Crippen LogP contribution >= 0.6 is 0 Å². The third-order valence-corrected chi connectivity index (χ3v) is 4.21. The number of anilines is 1. The maximum atomic E-state index is 12.9. The standard InChI is InChI=1S/C17H22N2O/c1-3-19(15-9-7-8-14(2)12-15)16(20)17(13-18)10-5-4-6-11-17/h7-9,12H,3-6,10-11H2,1-2H3. The highest BCUT2D eigenvalue weighted by molar-refractivity contribution is 5.99. The second-order valence-corrected chi connectivity index (χ2v) is 5.64. The summed E-state index contributed by atoms with van der Waals surface area (Å²) in [7, 11) is 0. The Kier molecular flexibility index (Phi) is 4.44. The Morgan fingerprint density at radius 2 is 2.05 bits per heavy atom. The van der Waals surface area contributed by atoms with Crippen molar-refractivity contribution in [2.75, 3.05) is 11.4 Å². The third kappa shape index (κ3) is 2.70. The van der Waals surface area contributed by atoms with Gasteiger partial charge in [-0.15, -0.1) is 0 Å². The Morgan fingerprint density at radius 3 is 2.60 bits per heavy atom. The van der Waals surface area contributed by atoms with Gasteiger partial charge in [0.25, 0.3) is 0 Å². The molecule has 1 aromatic rings. The number of amides is 1. The van der Waals surface area contributed by atoms with Crippen molar-refractivity contribution in [3.63, 3.8) is 0 Å². The van der Waals surface area contributed by atoms with E-state index >= 15 is 0 Å². The Morgan fingerprint density at radius 1 is 1.35 bits per heavy atom. The lowest BCUT2D eigenvalue weighted by atomic mass is 9.74. The number of benzene rings is 1. The van der Waals surface area contributed by atoms with Gasteiger partial charge in [0, 0.05) is 12.2 Å². The molecule has 0 unspecified atom stereocenters. The first-order valence-electron chi connectivity index (χ1n) is 7.43. The zero-order valence-electron chi connectivity index (χ0n) is 12.4. The van der Waals surface area contributed by atoms with Crippen LogP contribution in [0.2, 0.25) is 0 Å². The van der Waals surface area contributed by atoms with Gasteiger partial charge in [0.15, 0.2) is 0 Å². The fraction of sp³-hybridized carbons (Fsp3) is 0.529. The molecule has 0 N–H and O–H groups in total. The van der Waals surface area contributed by atoms with Gasteiger partial charge in [0.2, 0.25) is 5.91 Å². The SMILES string of the molecule is CCN(C(=O)C1(C#N)CCCCC1)c1cccc(C)c1. The Labute approximate surface area is 121 Å². The molecular formula is C17H22N2O. The first kappa shape index (κ1) is 14.6. The monoisotopic (exact) mass is 270 g/mol. The summed E-state index contributed by atoms with van der Waals surface area (Å²) in [4.78, 5) is 14.7. The summed E-state index contributed by atoms with van der Waals surface area (Å²) in [6.45, 7) is 4.59. The molecule has 0 aliphatic heterocycles. The summed E-state index contributed by atoms with van der Waals surface area (Å²) >= 11 is 0. The van der Waals surface area contributed by atoms with Crippen LogP contribution in [0.4, 0.5) is 5.69 Å². The van der Waals surface area contributed by atoms with Gasteiger partial charge in [-0.3, -0.25) is 4.79 Å². The largest absolute Gasteiger partial charge is 0.311 e. The summed E-state index contributed by atoms with van der Waals surface area (Å²) in [5.74, 6) is -0.0206. The molecule has 1 amide bonds. The topological polar surface area (TPSA) is 44.1 Å². The summed E-state index contributed by atoms with van der Waals surface area (Å²) in [5.41, 5.74) is 1.22. The average Bonchev–Trinajstić information content (AvgIpc) is 2.48. The predicted octanol–water partition coefficient (Wildman–Crippen LogP) is 3.82. The van der Waals surface area contributed by atoms with E-state index in [1.165, 1.54) is 0 Å². The number of nitriles is 1. The molecule has 3 nitrogen and oxygen atoms in total. The van der Waals surface area contributed by atoms with Gasteiger partial charge in [-0.05, 0) is 44.4 Å². The van der Waals surface area contributed by atoms with Crippen molar-refractivity contribution in [1.29, 1.82) is 5.26 Å². The summed E-state index contributed by atoms with van der Waals surface area (Å²) in [5, 5.41) is 9.56. The quantitative estimate of drug-likeness (QED) is 0.838. The molecule has 0 atom stereocenters. The lowest BCUT2D eigenvalue weighted by molar-refractivity contribution is -0.126. The van der Waals surface area contributed by atoms with Crippen LogP contribution in [0, 0.1) is 23.7 Å². The molecule has 1 aromatic carbocycles. The summed E-state index contributed by atoms with van der Waals surface area (Å²) in [6.07, 6.45) is 4.48. The molecule has 20 heavy (non-hydrogen) atoms. The van der Waals surface area contributed by atoms with E-state index in [4.69, 9.17) is 0 Å². The van der Waals surface area contributed by atoms with Crippen molar-refractivity contribution in [1.82, 2.24) is 0 Å². The van der Waals surface area contributed by atoms with E-state index in [1.54, 1.807) is 4.90 Å². The van der Waals surface area contributed by atoms with E-state index in [2.05, 4.69) is 6.07 Å². The summed E-state index contributed by atoms with van der Waals surface area (Å²) < 4.78 is 0. The average molecular weight is 270 g/mol. The van der Waals surface area contributed by atoms with Crippen LogP contribution in [0.25, 0.3) is 0 Å². The molecule has 0 aromatic heterocycles.